The van der Waals surface area contributed by atoms with Gasteiger partial charge in [0.15, 0.2) is 0 Å². The summed E-state index contributed by atoms with van der Waals surface area (Å²) in [7, 11) is 0. The zero-order valence-corrected chi connectivity index (χ0v) is 16.1. The van der Waals surface area contributed by atoms with Crippen LogP contribution < -0.4 is 0 Å². The summed E-state index contributed by atoms with van der Waals surface area (Å²) in [5, 5.41) is 0. The molecule has 0 aliphatic carbocycles. The van der Waals surface area contributed by atoms with Crippen molar-refractivity contribution in [3.05, 3.63) is 101 Å². The van der Waals surface area contributed by atoms with Crippen molar-refractivity contribution in [2.75, 3.05) is 6.61 Å². The molecule has 3 aromatic carbocycles. The molecule has 0 atom stereocenters. The predicted octanol–water partition coefficient (Wildman–Crippen LogP) is 5.90. The number of rotatable bonds is 4. The summed E-state index contributed by atoms with van der Waals surface area (Å²) in [6.45, 7) is 4.25. The summed E-state index contributed by atoms with van der Waals surface area (Å²) in [6.07, 6.45) is 3.75. The van der Waals surface area contributed by atoms with Crippen LogP contribution in [0, 0.1) is 18.8 Å². The summed E-state index contributed by atoms with van der Waals surface area (Å²) in [5.41, 5.74) is 6.06. The Balaban J connectivity index is 1.74. The number of carbonyl (C=O) groups is 1. The SMILES string of the molecule is CCOC(=O)c1ccc(C=CC#Cc2ccccc2-c2ccc(C)cc2)cc1. The highest BCUT2D eigenvalue weighted by Gasteiger charge is 2.04. The van der Waals surface area contributed by atoms with Gasteiger partial charge in [0.05, 0.1) is 12.2 Å². The number of carbonyl (C=O) groups excluding carboxylic acids is 1. The minimum absolute atomic E-state index is 0.300. The fourth-order valence-corrected chi connectivity index (χ4v) is 2.78. The normalized spacial score (nSPS) is 10.4. The minimum Gasteiger partial charge on any atom is -0.462 e. The van der Waals surface area contributed by atoms with Crippen LogP contribution in [0.25, 0.3) is 17.2 Å². The molecule has 0 spiro atoms. The number of esters is 1. The third-order valence-corrected chi connectivity index (χ3v) is 4.28. The second-order valence-corrected chi connectivity index (χ2v) is 6.36. The summed E-state index contributed by atoms with van der Waals surface area (Å²) < 4.78 is 4.99. The first-order valence-corrected chi connectivity index (χ1v) is 9.28. The lowest BCUT2D eigenvalue weighted by molar-refractivity contribution is 0.0526. The molecule has 0 aliphatic heterocycles. The lowest BCUT2D eigenvalue weighted by Gasteiger charge is -2.05. The van der Waals surface area contributed by atoms with Crippen LogP contribution in [0.5, 0.6) is 0 Å². The van der Waals surface area contributed by atoms with Crippen molar-refractivity contribution >= 4 is 12.0 Å². The van der Waals surface area contributed by atoms with Crippen molar-refractivity contribution in [2.24, 2.45) is 0 Å². The second-order valence-electron chi connectivity index (χ2n) is 6.36. The van der Waals surface area contributed by atoms with E-state index in [2.05, 4.69) is 49.1 Å². The van der Waals surface area contributed by atoms with Gasteiger partial charge in [0, 0.05) is 5.56 Å². The Labute approximate surface area is 166 Å². The molecule has 28 heavy (non-hydrogen) atoms. The number of allylic oxidation sites excluding steroid dienone is 1. The topological polar surface area (TPSA) is 26.3 Å². The predicted molar refractivity (Wildman–Crippen MR) is 115 cm³/mol. The van der Waals surface area contributed by atoms with Gasteiger partial charge >= 0.3 is 5.97 Å². The van der Waals surface area contributed by atoms with E-state index in [0.29, 0.717) is 12.2 Å². The molecule has 0 amide bonds. The third kappa shape index (κ3) is 4.99. The van der Waals surface area contributed by atoms with Crippen molar-refractivity contribution in [3.8, 4) is 23.0 Å². The van der Waals surface area contributed by atoms with Crippen molar-refractivity contribution in [1.29, 1.82) is 0 Å². The maximum Gasteiger partial charge on any atom is 0.338 e. The van der Waals surface area contributed by atoms with Crippen molar-refractivity contribution in [2.45, 2.75) is 13.8 Å². The molecular weight excluding hydrogens is 344 g/mol. The molecule has 0 saturated carbocycles. The lowest BCUT2D eigenvalue weighted by Crippen LogP contribution is -2.03. The quantitative estimate of drug-likeness (QED) is 0.424. The smallest absolute Gasteiger partial charge is 0.338 e. The minimum atomic E-state index is -0.300. The molecule has 0 N–H and O–H groups in total. The Morgan fingerprint density at radius 2 is 1.68 bits per heavy atom. The number of hydrogen-bond acceptors (Lipinski definition) is 2. The van der Waals surface area contributed by atoms with Crippen LogP contribution in [0.2, 0.25) is 0 Å². The molecule has 0 bridgehead atoms. The van der Waals surface area contributed by atoms with Gasteiger partial charge in [-0.3, -0.25) is 0 Å². The number of hydrogen-bond donors (Lipinski definition) is 0. The molecule has 3 aromatic rings. The van der Waals surface area contributed by atoms with E-state index in [4.69, 9.17) is 4.74 Å². The maximum absolute atomic E-state index is 11.7. The van der Waals surface area contributed by atoms with E-state index in [0.717, 1.165) is 22.3 Å². The molecular formula is C26H22O2. The highest BCUT2D eigenvalue weighted by atomic mass is 16.5. The van der Waals surface area contributed by atoms with E-state index in [9.17, 15) is 4.79 Å². The Kier molecular flexibility index (Phi) is 6.44. The van der Waals surface area contributed by atoms with Crippen LogP contribution in [0.15, 0.2) is 78.9 Å². The fourth-order valence-electron chi connectivity index (χ4n) is 2.78. The largest absolute Gasteiger partial charge is 0.462 e. The molecule has 0 saturated heterocycles. The van der Waals surface area contributed by atoms with Gasteiger partial charge in [-0.25, -0.2) is 4.79 Å². The van der Waals surface area contributed by atoms with Gasteiger partial charge < -0.3 is 4.74 Å². The zero-order valence-electron chi connectivity index (χ0n) is 16.1. The molecule has 0 aromatic heterocycles. The Morgan fingerprint density at radius 3 is 2.39 bits per heavy atom. The van der Waals surface area contributed by atoms with Crippen LogP contribution >= 0.6 is 0 Å². The maximum atomic E-state index is 11.7. The fraction of sp³-hybridized carbons (Fsp3) is 0.115. The zero-order chi connectivity index (χ0) is 19.8. The van der Waals surface area contributed by atoms with Crippen LogP contribution in [0.3, 0.4) is 0 Å². The van der Waals surface area contributed by atoms with Crippen molar-refractivity contribution in [3.63, 3.8) is 0 Å². The van der Waals surface area contributed by atoms with Crippen LogP contribution in [0.1, 0.15) is 34.0 Å². The third-order valence-electron chi connectivity index (χ3n) is 4.28. The monoisotopic (exact) mass is 366 g/mol. The molecule has 0 radical (unpaired) electrons. The Hall–Kier alpha value is -3.57. The average molecular weight is 366 g/mol. The summed E-state index contributed by atoms with van der Waals surface area (Å²) in [6, 6.07) is 23.9. The van der Waals surface area contributed by atoms with Crippen LogP contribution in [-0.4, -0.2) is 12.6 Å². The van der Waals surface area contributed by atoms with E-state index in [1.54, 1.807) is 19.1 Å². The van der Waals surface area contributed by atoms with Gasteiger partial charge in [-0.05, 0) is 60.9 Å². The number of benzene rings is 3. The molecule has 2 heteroatoms. The van der Waals surface area contributed by atoms with Gasteiger partial charge in [-0.15, -0.1) is 0 Å². The second kappa shape index (κ2) is 9.39. The van der Waals surface area contributed by atoms with E-state index in [1.165, 1.54) is 5.56 Å². The van der Waals surface area contributed by atoms with Crippen LogP contribution in [0.4, 0.5) is 0 Å². The lowest BCUT2D eigenvalue weighted by atomic mass is 9.99. The van der Waals surface area contributed by atoms with E-state index in [1.807, 2.05) is 42.5 Å². The van der Waals surface area contributed by atoms with Gasteiger partial charge in [0.25, 0.3) is 0 Å². The highest BCUT2D eigenvalue weighted by molar-refractivity contribution is 5.89. The van der Waals surface area contributed by atoms with Crippen molar-refractivity contribution < 1.29 is 9.53 Å². The first-order valence-electron chi connectivity index (χ1n) is 9.28. The van der Waals surface area contributed by atoms with Gasteiger partial charge in [-0.1, -0.05) is 72.0 Å². The molecule has 0 aliphatic rings. The number of aryl methyl sites for hydroxylation is 1. The van der Waals surface area contributed by atoms with E-state index >= 15 is 0 Å². The highest BCUT2D eigenvalue weighted by Crippen LogP contribution is 2.23. The molecule has 3 rings (SSSR count). The summed E-state index contributed by atoms with van der Waals surface area (Å²) >= 11 is 0. The molecule has 2 nitrogen and oxygen atoms in total. The van der Waals surface area contributed by atoms with Gasteiger partial charge in [-0.2, -0.15) is 0 Å². The molecule has 0 heterocycles. The Morgan fingerprint density at radius 1 is 0.964 bits per heavy atom. The standard InChI is InChI=1S/C26H22O2/c1-3-28-26(27)24-18-14-21(15-19-24)8-4-5-9-22-10-6-7-11-25(22)23-16-12-20(2)13-17-23/h4,6-8,10-19H,3H2,1-2H3. The van der Waals surface area contributed by atoms with Gasteiger partial charge in [0.2, 0.25) is 0 Å². The van der Waals surface area contributed by atoms with E-state index < -0.39 is 0 Å². The Bertz CT molecular complexity index is 1030. The van der Waals surface area contributed by atoms with Gasteiger partial charge in [0.1, 0.15) is 0 Å². The van der Waals surface area contributed by atoms with Crippen molar-refractivity contribution in [1.82, 2.24) is 0 Å². The summed E-state index contributed by atoms with van der Waals surface area (Å²) in [5.74, 6) is 6.04. The molecule has 138 valence electrons. The first-order chi connectivity index (χ1) is 13.7. The average Bonchev–Trinajstić information content (AvgIpc) is 2.73. The van der Waals surface area contributed by atoms with E-state index in [-0.39, 0.29) is 5.97 Å². The molecule has 0 fully saturated rings. The van der Waals surface area contributed by atoms with Crippen LogP contribution in [-0.2, 0) is 4.74 Å². The molecule has 0 unspecified atom stereocenters. The summed E-state index contributed by atoms with van der Waals surface area (Å²) in [4.78, 5) is 11.7. The number of ether oxygens (including phenoxy) is 1. The first kappa shape index (κ1) is 19.2.